The van der Waals surface area contributed by atoms with Gasteiger partial charge in [0.15, 0.2) is 5.96 Å². The lowest BCUT2D eigenvalue weighted by Crippen LogP contribution is -2.26. The van der Waals surface area contributed by atoms with Crippen LogP contribution in [0.4, 0.5) is 5.69 Å². The normalized spacial score (nSPS) is 11.5. The number of rotatable bonds is 1. The molecule has 0 radical (unpaired) electrons. The highest BCUT2D eigenvalue weighted by atomic mass is 35.5. The Hall–Kier alpha value is -1.17. The van der Waals surface area contributed by atoms with E-state index in [2.05, 4.69) is 9.98 Å². The Morgan fingerprint density at radius 1 is 0.889 bits per heavy atom. The van der Waals surface area contributed by atoms with E-state index in [1.807, 2.05) is 0 Å². The Morgan fingerprint density at radius 3 is 1.72 bits per heavy atom. The molecule has 0 saturated heterocycles. The van der Waals surface area contributed by atoms with Gasteiger partial charge in [-0.2, -0.15) is 4.99 Å². The molecular weight excluding hydrogens is 297 g/mol. The van der Waals surface area contributed by atoms with Crippen LogP contribution in [0.25, 0.3) is 0 Å². The van der Waals surface area contributed by atoms with Crippen molar-refractivity contribution in [3.63, 3.8) is 0 Å². The zero-order valence-corrected chi connectivity index (χ0v) is 12.0. The van der Waals surface area contributed by atoms with Crippen molar-refractivity contribution in [3.8, 4) is 0 Å². The molecule has 5 nitrogen and oxygen atoms in total. The first kappa shape index (κ1) is 14.9. The van der Waals surface area contributed by atoms with Crippen LogP contribution < -0.4 is 17.2 Å². The van der Waals surface area contributed by atoms with Crippen LogP contribution in [0, 0.1) is 13.8 Å². The highest BCUT2D eigenvalue weighted by Crippen LogP contribution is 2.42. The molecule has 0 bridgehead atoms. The Balaban J connectivity index is 3.48. The van der Waals surface area contributed by atoms with Crippen molar-refractivity contribution >= 4 is 52.4 Å². The summed E-state index contributed by atoms with van der Waals surface area (Å²) in [6.07, 6.45) is 0. The molecule has 1 rings (SSSR count). The minimum absolute atomic E-state index is 0.139. The van der Waals surface area contributed by atoms with Gasteiger partial charge in [-0.05, 0) is 25.0 Å². The SMILES string of the molecule is Cc1c(Cl)c(C)c(Cl)c(N=C(N)N=C(N)N)c1Cl. The average molecular weight is 309 g/mol. The maximum absolute atomic E-state index is 6.11. The van der Waals surface area contributed by atoms with Crippen molar-refractivity contribution in [1.29, 1.82) is 0 Å². The van der Waals surface area contributed by atoms with Gasteiger partial charge in [-0.15, -0.1) is 0 Å². The van der Waals surface area contributed by atoms with Gasteiger partial charge in [0.05, 0.1) is 10.0 Å². The fourth-order valence-corrected chi connectivity index (χ4v) is 2.09. The Labute approximate surface area is 120 Å². The number of benzene rings is 1. The van der Waals surface area contributed by atoms with Crippen molar-refractivity contribution in [3.05, 3.63) is 26.2 Å². The van der Waals surface area contributed by atoms with Gasteiger partial charge in [0, 0.05) is 5.02 Å². The third-order valence-corrected chi connectivity index (χ3v) is 3.69. The topological polar surface area (TPSA) is 103 Å². The van der Waals surface area contributed by atoms with Crippen LogP contribution in [0.3, 0.4) is 0 Å². The molecule has 6 N–H and O–H groups in total. The molecule has 1 aromatic carbocycles. The number of hydrogen-bond acceptors (Lipinski definition) is 1. The van der Waals surface area contributed by atoms with Crippen LogP contribution in [0.5, 0.6) is 0 Å². The minimum Gasteiger partial charge on any atom is -0.370 e. The molecule has 0 saturated carbocycles. The van der Waals surface area contributed by atoms with Gasteiger partial charge in [-0.25, -0.2) is 4.99 Å². The molecule has 18 heavy (non-hydrogen) atoms. The Morgan fingerprint density at radius 2 is 1.33 bits per heavy atom. The van der Waals surface area contributed by atoms with Gasteiger partial charge >= 0.3 is 0 Å². The third-order valence-electron chi connectivity index (χ3n) is 2.20. The summed E-state index contributed by atoms with van der Waals surface area (Å²) in [5, 5.41) is 1.11. The smallest absolute Gasteiger partial charge is 0.223 e. The lowest BCUT2D eigenvalue weighted by atomic mass is 10.1. The van der Waals surface area contributed by atoms with E-state index in [0.717, 1.165) is 0 Å². The second-order valence-corrected chi connectivity index (χ2v) is 4.68. The van der Waals surface area contributed by atoms with Crippen LogP contribution in [0.1, 0.15) is 11.1 Å². The van der Waals surface area contributed by atoms with Gasteiger partial charge < -0.3 is 17.2 Å². The van der Waals surface area contributed by atoms with E-state index in [-0.39, 0.29) is 11.9 Å². The number of guanidine groups is 2. The molecule has 0 spiro atoms. The molecule has 0 aromatic heterocycles. The first-order valence-corrected chi connectivity index (χ1v) is 5.96. The number of nitrogens with zero attached hydrogens (tertiary/aromatic N) is 2. The van der Waals surface area contributed by atoms with Crippen molar-refractivity contribution in [2.45, 2.75) is 13.8 Å². The monoisotopic (exact) mass is 307 g/mol. The number of nitrogens with two attached hydrogens (primary N) is 3. The predicted octanol–water partition coefficient (Wildman–Crippen LogP) is 2.48. The van der Waals surface area contributed by atoms with E-state index in [4.69, 9.17) is 52.0 Å². The summed E-state index contributed by atoms with van der Waals surface area (Å²) in [5.74, 6) is -0.342. The molecule has 0 aliphatic carbocycles. The highest BCUT2D eigenvalue weighted by Gasteiger charge is 2.16. The van der Waals surface area contributed by atoms with Crippen molar-refractivity contribution in [2.24, 2.45) is 27.2 Å². The third kappa shape index (κ3) is 2.98. The first-order chi connectivity index (χ1) is 8.25. The van der Waals surface area contributed by atoms with E-state index < -0.39 is 0 Å². The van der Waals surface area contributed by atoms with Crippen molar-refractivity contribution < 1.29 is 0 Å². The molecule has 0 unspecified atom stereocenters. The second-order valence-electron chi connectivity index (χ2n) is 3.55. The molecule has 8 heteroatoms. The fraction of sp³-hybridized carbons (Fsp3) is 0.200. The van der Waals surface area contributed by atoms with Crippen molar-refractivity contribution in [2.75, 3.05) is 0 Å². The van der Waals surface area contributed by atoms with Gasteiger partial charge in [0.2, 0.25) is 5.96 Å². The van der Waals surface area contributed by atoms with Crippen LogP contribution in [0.2, 0.25) is 15.1 Å². The summed E-state index contributed by atoms with van der Waals surface area (Å²) in [6.45, 7) is 3.51. The molecule has 0 aliphatic heterocycles. The molecule has 0 amide bonds. The fourth-order valence-electron chi connectivity index (χ4n) is 1.30. The lowest BCUT2D eigenvalue weighted by molar-refractivity contribution is 1.33. The summed E-state index contributed by atoms with van der Waals surface area (Å²) in [6, 6.07) is 0. The number of aliphatic imine (C=N–C) groups is 2. The molecule has 0 heterocycles. The number of hydrogen-bond donors (Lipinski definition) is 3. The molecule has 1 aromatic rings. The second kappa shape index (κ2) is 5.65. The van der Waals surface area contributed by atoms with Gasteiger partial charge in [-0.3, -0.25) is 0 Å². The van der Waals surface area contributed by atoms with Crippen LogP contribution in [-0.4, -0.2) is 11.9 Å². The minimum atomic E-state index is -0.203. The van der Waals surface area contributed by atoms with Crippen LogP contribution in [-0.2, 0) is 0 Å². The maximum Gasteiger partial charge on any atom is 0.223 e. The van der Waals surface area contributed by atoms with E-state index in [1.165, 1.54) is 0 Å². The summed E-state index contributed by atoms with van der Waals surface area (Å²) in [4.78, 5) is 7.57. The van der Waals surface area contributed by atoms with Gasteiger partial charge in [-0.1, -0.05) is 34.8 Å². The summed E-state index contributed by atoms with van der Waals surface area (Å²) in [5.41, 5.74) is 17.5. The lowest BCUT2D eigenvalue weighted by Gasteiger charge is -2.11. The summed E-state index contributed by atoms with van der Waals surface area (Å²) < 4.78 is 0. The largest absolute Gasteiger partial charge is 0.370 e. The van der Waals surface area contributed by atoms with E-state index in [9.17, 15) is 0 Å². The van der Waals surface area contributed by atoms with Gasteiger partial charge in [0.1, 0.15) is 5.69 Å². The Kier molecular flexibility index (Phi) is 4.67. The first-order valence-electron chi connectivity index (χ1n) is 4.83. The summed E-state index contributed by atoms with van der Waals surface area (Å²) in [7, 11) is 0. The molecule has 0 atom stereocenters. The standard InChI is InChI=1S/C10H12Cl3N5/c1-3-5(11)4(2)7(13)8(6(3)12)17-10(16)18-9(14)15/h1-2H3,(H6,14,15,16,17,18). The Bertz CT molecular complexity index is 518. The highest BCUT2D eigenvalue weighted by molar-refractivity contribution is 6.43. The quantitative estimate of drug-likeness (QED) is 0.548. The van der Waals surface area contributed by atoms with Crippen LogP contribution >= 0.6 is 34.8 Å². The van der Waals surface area contributed by atoms with E-state index in [1.54, 1.807) is 13.8 Å². The average Bonchev–Trinajstić information content (AvgIpc) is 2.29. The zero-order chi connectivity index (χ0) is 14.0. The van der Waals surface area contributed by atoms with E-state index in [0.29, 0.717) is 31.9 Å². The maximum atomic E-state index is 6.11. The molecule has 98 valence electrons. The molecule has 0 fully saturated rings. The zero-order valence-electron chi connectivity index (χ0n) is 9.76. The molecule has 0 aliphatic rings. The van der Waals surface area contributed by atoms with E-state index >= 15 is 0 Å². The van der Waals surface area contributed by atoms with Crippen molar-refractivity contribution in [1.82, 2.24) is 0 Å². The predicted molar refractivity (Wildman–Crippen MR) is 78.0 cm³/mol. The van der Waals surface area contributed by atoms with Crippen LogP contribution in [0.15, 0.2) is 9.98 Å². The summed E-state index contributed by atoms with van der Waals surface area (Å²) >= 11 is 18.3. The number of halogens is 3. The van der Waals surface area contributed by atoms with Gasteiger partial charge in [0.25, 0.3) is 0 Å². The molecular formula is C10H12Cl3N5.